The number of hydrogen-bond donors (Lipinski definition) is 1. The molecule has 0 fully saturated rings. The number of nitrogens with one attached hydrogen (secondary N) is 1. The van der Waals surface area contributed by atoms with E-state index in [1.807, 2.05) is 13.0 Å². The number of rotatable bonds is 6. The minimum absolute atomic E-state index is 0.222. The molecule has 0 aliphatic heterocycles. The Bertz CT molecular complexity index is 1180. The largest absolute Gasteiger partial charge is 0.495 e. The summed E-state index contributed by atoms with van der Waals surface area (Å²) in [5, 5.41) is 3.08. The molecule has 3 rings (SSSR count). The molecular formula is C21H23N3O5S. The van der Waals surface area contributed by atoms with Gasteiger partial charge in [-0.2, -0.15) is 0 Å². The van der Waals surface area contributed by atoms with Crippen molar-refractivity contribution in [3.63, 3.8) is 0 Å². The number of carbonyl (C=O) groups excluding carboxylic acids is 2. The van der Waals surface area contributed by atoms with Crippen molar-refractivity contribution in [1.82, 2.24) is 9.55 Å². The fourth-order valence-corrected chi connectivity index (χ4v) is 4.02. The molecule has 3 aromatic rings. The molecule has 9 heteroatoms. The van der Waals surface area contributed by atoms with Gasteiger partial charge in [-0.3, -0.25) is 14.2 Å². The number of anilines is 1. The van der Waals surface area contributed by atoms with Gasteiger partial charge in [-0.25, -0.2) is 9.78 Å². The van der Waals surface area contributed by atoms with Crippen molar-refractivity contribution in [2.45, 2.75) is 40.3 Å². The number of nitrogens with zero attached hydrogens (tertiary/aromatic N) is 2. The number of aromatic nitrogens is 2. The number of fused-ring (bicyclic) bond motifs is 1. The number of esters is 1. The first-order valence-electron chi connectivity index (χ1n) is 9.35. The third-order valence-corrected chi connectivity index (χ3v) is 5.57. The van der Waals surface area contributed by atoms with Gasteiger partial charge in [0.25, 0.3) is 5.56 Å². The van der Waals surface area contributed by atoms with Crippen LogP contribution in [0.25, 0.3) is 10.2 Å². The minimum atomic E-state index is -0.485. The molecule has 2 heterocycles. The molecule has 0 saturated heterocycles. The summed E-state index contributed by atoms with van der Waals surface area (Å²) in [6.07, 6.45) is 1.04. The Labute approximate surface area is 177 Å². The quantitative estimate of drug-likeness (QED) is 0.604. The van der Waals surface area contributed by atoms with Crippen LogP contribution in [0.2, 0.25) is 0 Å². The highest BCUT2D eigenvalue weighted by Crippen LogP contribution is 2.28. The van der Waals surface area contributed by atoms with Crippen molar-refractivity contribution in [1.29, 1.82) is 0 Å². The van der Waals surface area contributed by atoms with Gasteiger partial charge in [0.15, 0.2) is 0 Å². The summed E-state index contributed by atoms with van der Waals surface area (Å²) in [7, 11) is 1.52. The van der Waals surface area contributed by atoms with E-state index >= 15 is 0 Å². The molecule has 158 valence electrons. The Morgan fingerprint density at radius 1 is 1.27 bits per heavy atom. The van der Waals surface area contributed by atoms with Gasteiger partial charge in [0.05, 0.1) is 30.6 Å². The molecule has 8 nitrogen and oxygen atoms in total. The minimum Gasteiger partial charge on any atom is -0.495 e. The molecule has 0 atom stereocenters. The molecule has 0 bridgehead atoms. The molecular weight excluding hydrogens is 406 g/mol. The molecule has 1 N–H and O–H groups in total. The maximum atomic E-state index is 12.9. The molecule has 0 aliphatic rings. The summed E-state index contributed by atoms with van der Waals surface area (Å²) >= 11 is 1.11. The lowest BCUT2D eigenvalue weighted by atomic mass is 10.2. The van der Waals surface area contributed by atoms with E-state index in [2.05, 4.69) is 10.3 Å². The molecule has 1 aromatic carbocycles. The van der Waals surface area contributed by atoms with Gasteiger partial charge >= 0.3 is 5.97 Å². The van der Waals surface area contributed by atoms with Gasteiger partial charge in [0, 0.05) is 0 Å². The van der Waals surface area contributed by atoms with Gasteiger partial charge in [-0.05, 0) is 51.0 Å². The Balaban J connectivity index is 1.88. The fraction of sp³-hybridized carbons (Fsp3) is 0.333. The predicted molar refractivity (Wildman–Crippen MR) is 116 cm³/mol. The molecule has 1 amide bonds. The van der Waals surface area contributed by atoms with Gasteiger partial charge in [0.2, 0.25) is 5.91 Å². The summed E-state index contributed by atoms with van der Waals surface area (Å²) in [6, 6.07) is 5.42. The fourth-order valence-electron chi connectivity index (χ4n) is 3.00. The van der Waals surface area contributed by atoms with Gasteiger partial charge in [-0.15, -0.1) is 11.3 Å². The summed E-state index contributed by atoms with van der Waals surface area (Å²) in [4.78, 5) is 42.8. The van der Waals surface area contributed by atoms with Crippen molar-refractivity contribution in [3.8, 4) is 5.75 Å². The highest BCUT2D eigenvalue weighted by atomic mass is 32.1. The summed E-state index contributed by atoms with van der Waals surface area (Å²) in [6.45, 7) is 6.88. The molecule has 0 aliphatic carbocycles. The predicted octanol–water partition coefficient (Wildman–Crippen LogP) is 3.29. The number of aryl methyl sites for hydroxylation is 2. The van der Waals surface area contributed by atoms with Crippen LogP contribution < -0.4 is 15.6 Å². The van der Waals surface area contributed by atoms with E-state index in [1.165, 1.54) is 18.0 Å². The second-order valence-electron chi connectivity index (χ2n) is 7.12. The number of hydrogen-bond acceptors (Lipinski definition) is 7. The van der Waals surface area contributed by atoms with E-state index in [0.717, 1.165) is 16.9 Å². The lowest BCUT2D eigenvalue weighted by Crippen LogP contribution is -2.28. The van der Waals surface area contributed by atoms with Crippen molar-refractivity contribution in [3.05, 3.63) is 50.9 Å². The normalized spacial score (nSPS) is 11.0. The van der Waals surface area contributed by atoms with Gasteiger partial charge < -0.3 is 14.8 Å². The molecule has 2 aromatic heterocycles. The van der Waals surface area contributed by atoms with E-state index in [4.69, 9.17) is 9.47 Å². The second kappa shape index (κ2) is 8.66. The number of amides is 1. The van der Waals surface area contributed by atoms with Crippen LogP contribution in [0.1, 0.15) is 34.6 Å². The lowest BCUT2D eigenvalue weighted by Gasteiger charge is -2.11. The van der Waals surface area contributed by atoms with Crippen LogP contribution in [0.5, 0.6) is 5.75 Å². The maximum Gasteiger partial charge on any atom is 0.348 e. The highest BCUT2D eigenvalue weighted by Gasteiger charge is 2.21. The molecule has 30 heavy (non-hydrogen) atoms. The first-order chi connectivity index (χ1) is 14.2. The number of thiophene rings is 1. The number of methoxy groups -OCH3 is 1. The zero-order valence-corrected chi connectivity index (χ0v) is 18.3. The van der Waals surface area contributed by atoms with E-state index < -0.39 is 11.9 Å². The van der Waals surface area contributed by atoms with Crippen LogP contribution in [0, 0.1) is 13.8 Å². The smallest absolute Gasteiger partial charge is 0.348 e. The lowest BCUT2D eigenvalue weighted by molar-refractivity contribution is -0.116. The SMILES string of the molecule is COc1ccc(C)cc1NC(=O)Cn1cnc2sc(C(=O)OC(C)C)c(C)c2c1=O. The summed E-state index contributed by atoms with van der Waals surface area (Å²) < 4.78 is 11.7. The van der Waals surface area contributed by atoms with Crippen molar-refractivity contribution in [2.75, 3.05) is 12.4 Å². The number of carbonyl (C=O) groups is 2. The topological polar surface area (TPSA) is 99.5 Å². The zero-order chi connectivity index (χ0) is 22.0. The average Bonchev–Trinajstić information content (AvgIpc) is 3.01. The standard InChI is InChI=1S/C21H23N3O5S/c1-11(2)29-21(27)18-13(4)17-19(30-18)22-10-24(20(17)26)9-16(25)23-14-8-12(3)6-7-15(14)28-5/h6-8,10-11H,9H2,1-5H3,(H,23,25). The third kappa shape index (κ3) is 4.35. The summed E-state index contributed by atoms with van der Waals surface area (Å²) in [5.41, 5.74) is 1.60. The number of benzene rings is 1. The van der Waals surface area contributed by atoms with Crippen LogP contribution >= 0.6 is 11.3 Å². The van der Waals surface area contributed by atoms with Gasteiger partial charge in [0.1, 0.15) is 22.0 Å². The van der Waals surface area contributed by atoms with Gasteiger partial charge in [-0.1, -0.05) is 6.07 Å². The van der Waals surface area contributed by atoms with E-state index in [9.17, 15) is 14.4 Å². The summed E-state index contributed by atoms with van der Waals surface area (Å²) in [5.74, 6) is -0.355. The van der Waals surface area contributed by atoms with E-state index in [1.54, 1.807) is 32.9 Å². The number of ether oxygens (including phenoxy) is 2. The van der Waals surface area contributed by atoms with Crippen molar-refractivity contribution < 1.29 is 19.1 Å². The second-order valence-corrected chi connectivity index (χ2v) is 8.12. The molecule has 0 saturated carbocycles. The van der Waals surface area contributed by atoms with Crippen molar-refractivity contribution >= 4 is 39.1 Å². The molecule has 0 spiro atoms. The molecule has 0 radical (unpaired) electrons. The van der Waals surface area contributed by atoms with Crippen LogP contribution in [0.15, 0.2) is 29.3 Å². The monoisotopic (exact) mass is 429 g/mol. The Kier molecular flexibility index (Phi) is 6.21. The first-order valence-corrected chi connectivity index (χ1v) is 10.2. The Hall–Kier alpha value is -3.20. The third-order valence-electron chi connectivity index (χ3n) is 4.39. The van der Waals surface area contributed by atoms with Crippen molar-refractivity contribution in [2.24, 2.45) is 0 Å². The van der Waals surface area contributed by atoms with E-state index in [0.29, 0.717) is 32.1 Å². The maximum absolute atomic E-state index is 12.9. The molecule has 0 unspecified atom stereocenters. The Morgan fingerprint density at radius 2 is 2.00 bits per heavy atom. The van der Waals surface area contributed by atoms with Crippen LogP contribution in [-0.2, 0) is 16.1 Å². The highest BCUT2D eigenvalue weighted by molar-refractivity contribution is 7.20. The van der Waals surface area contributed by atoms with Crippen LogP contribution in [0.3, 0.4) is 0 Å². The van der Waals surface area contributed by atoms with Crippen LogP contribution in [-0.4, -0.2) is 34.6 Å². The average molecular weight is 429 g/mol. The first kappa shape index (κ1) is 21.5. The van der Waals surface area contributed by atoms with E-state index in [-0.39, 0.29) is 18.2 Å². The Morgan fingerprint density at radius 3 is 2.67 bits per heavy atom. The van der Waals surface area contributed by atoms with Crippen LogP contribution in [0.4, 0.5) is 5.69 Å². The zero-order valence-electron chi connectivity index (χ0n) is 17.4.